The van der Waals surface area contributed by atoms with Gasteiger partial charge in [-0.25, -0.2) is 0 Å². The second-order valence-electron chi connectivity index (χ2n) is 4.47. The fraction of sp³-hybridized carbons (Fsp3) is 1.00. The van der Waals surface area contributed by atoms with Gasteiger partial charge in [0.25, 0.3) is 0 Å². The molecule has 0 aromatic carbocycles. The zero-order valence-electron chi connectivity index (χ0n) is 7.65. The summed E-state index contributed by atoms with van der Waals surface area (Å²) in [5.74, 6) is 0.723. The lowest BCUT2D eigenvalue weighted by Crippen LogP contribution is -2.77. The quantitative estimate of drug-likeness (QED) is 0.582. The highest BCUT2D eigenvalue weighted by Crippen LogP contribution is 2.33. The summed E-state index contributed by atoms with van der Waals surface area (Å²) in [4.78, 5) is 0. The lowest BCUT2D eigenvalue weighted by atomic mass is 9.71. The van der Waals surface area contributed by atoms with Crippen molar-refractivity contribution in [3.05, 3.63) is 0 Å². The maximum Gasteiger partial charge on any atom is 0.0331 e. The predicted molar refractivity (Wildman–Crippen MR) is 46.6 cm³/mol. The van der Waals surface area contributed by atoms with Crippen LogP contribution in [0.25, 0.3) is 0 Å². The number of hydrogen-bond acceptors (Lipinski definition) is 2. The van der Waals surface area contributed by atoms with E-state index in [0.717, 1.165) is 24.5 Å². The molecule has 0 aliphatic carbocycles. The fourth-order valence-electron chi connectivity index (χ4n) is 2.18. The molecule has 2 N–H and O–H groups in total. The van der Waals surface area contributed by atoms with Crippen LogP contribution >= 0.6 is 0 Å². The molecular formula is C9H18N2. The average molecular weight is 154 g/mol. The standard InChI is InChI=1S/C9H18N2/c1-6(2)9(3)8-4-7(11-8)5-10-9/h6-8,10-11H,4-5H2,1-3H3. The van der Waals surface area contributed by atoms with Gasteiger partial charge in [0.2, 0.25) is 0 Å². The first-order chi connectivity index (χ1) is 5.13. The lowest BCUT2D eigenvalue weighted by Gasteiger charge is -2.57. The van der Waals surface area contributed by atoms with Crippen LogP contribution in [0.3, 0.4) is 0 Å². The molecule has 2 bridgehead atoms. The molecule has 3 fully saturated rings. The van der Waals surface area contributed by atoms with Crippen LogP contribution < -0.4 is 10.6 Å². The number of hydrogen-bond donors (Lipinski definition) is 2. The molecule has 3 saturated heterocycles. The van der Waals surface area contributed by atoms with Crippen LogP contribution in [-0.2, 0) is 0 Å². The second-order valence-corrected chi connectivity index (χ2v) is 4.47. The summed E-state index contributed by atoms with van der Waals surface area (Å²) in [7, 11) is 0. The van der Waals surface area contributed by atoms with Crippen LogP contribution in [0.15, 0.2) is 0 Å². The zero-order valence-corrected chi connectivity index (χ0v) is 7.65. The average Bonchev–Trinajstić information content (AvgIpc) is 1.85. The summed E-state index contributed by atoms with van der Waals surface area (Å²) in [6.07, 6.45) is 1.38. The van der Waals surface area contributed by atoms with Crippen molar-refractivity contribution in [1.82, 2.24) is 10.6 Å². The first kappa shape index (κ1) is 7.56. The minimum atomic E-state index is 0.342. The zero-order chi connectivity index (χ0) is 8.06. The Hall–Kier alpha value is -0.0800. The fourth-order valence-corrected chi connectivity index (χ4v) is 2.18. The normalized spacial score (nSPS) is 49.1. The highest BCUT2D eigenvalue weighted by atomic mass is 15.2. The molecule has 2 heteroatoms. The van der Waals surface area contributed by atoms with Gasteiger partial charge in [-0.05, 0) is 19.3 Å². The molecule has 2 nitrogen and oxygen atoms in total. The first-order valence-corrected chi connectivity index (χ1v) is 4.64. The highest BCUT2D eigenvalue weighted by Gasteiger charge is 2.48. The van der Waals surface area contributed by atoms with Crippen molar-refractivity contribution in [1.29, 1.82) is 0 Å². The molecule has 3 aliphatic heterocycles. The maximum absolute atomic E-state index is 3.63. The van der Waals surface area contributed by atoms with Gasteiger partial charge in [-0.15, -0.1) is 0 Å². The third kappa shape index (κ3) is 0.926. The Labute approximate surface area is 68.7 Å². The number of piperidine rings is 1. The molecule has 0 aromatic heterocycles. The van der Waals surface area contributed by atoms with E-state index in [4.69, 9.17) is 0 Å². The number of rotatable bonds is 1. The van der Waals surface area contributed by atoms with Crippen molar-refractivity contribution < 1.29 is 0 Å². The Bertz CT molecular complexity index is 158. The van der Waals surface area contributed by atoms with Crippen molar-refractivity contribution in [3.63, 3.8) is 0 Å². The molecule has 64 valence electrons. The van der Waals surface area contributed by atoms with Gasteiger partial charge in [-0.1, -0.05) is 13.8 Å². The number of piperazine rings is 1. The van der Waals surface area contributed by atoms with Crippen LogP contribution in [-0.4, -0.2) is 24.2 Å². The minimum absolute atomic E-state index is 0.342. The van der Waals surface area contributed by atoms with Gasteiger partial charge in [0.15, 0.2) is 0 Å². The molecule has 3 atom stereocenters. The Kier molecular flexibility index (Phi) is 1.52. The van der Waals surface area contributed by atoms with E-state index in [0.29, 0.717) is 5.54 Å². The summed E-state index contributed by atoms with van der Waals surface area (Å²) in [6, 6.07) is 1.49. The number of fused-ring (bicyclic) bond motifs is 2. The SMILES string of the molecule is CC(C)C1(C)NCC2CC1N2. The summed E-state index contributed by atoms with van der Waals surface area (Å²) in [5, 5.41) is 7.22. The summed E-state index contributed by atoms with van der Waals surface area (Å²) >= 11 is 0. The molecule has 3 rings (SSSR count). The highest BCUT2D eigenvalue weighted by molar-refractivity contribution is 5.11. The van der Waals surface area contributed by atoms with Gasteiger partial charge in [0, 0.05) is 24.2 Å². The molecule has 3 aliphatic rings. The van der Waals surface area contributed by atoms with Gasteiger partial charge >= 0.3 is 0 Å². The van der Waals surface area contributed by atoms with E-state index in [2.05, 4.69) is 31.4 Å². The Balaban J connectivity index is 2.11. The van der Waals surface area contributed by atoms with Crippen LogP contribution in [0.5, 0.6) is 0 Å². The van der Waals surface area contributed by atoms with E-state index < -0.39 is 0 Å². The summed E-state index contributed by atoms with van der Waals surface area (Å²) in [5.41, 5.74) is 0.342. The molecule has 3 unspecified atom stereocenters. The van der Waals surface area contributed by atoms with Crippen molar-refractivity contribution in [3.8, 4) is 0 Å². The smallest absolute Gasteiger partial charge is 0.0331 e. The largest absolute Gasteiger partial charge is 0.308 e. The molecule has 0 aromatic rings. The van der Waals surface area contributed by atoms with Gasteiger partial charge in [-0.2, -0.15) is 0 Å². The van der Waals surface area contributed by atoms with Crippen molar-refractivity contribution in [2.75, 3.05) is 6.54 Å². The topological polar surface area (TPSA) is 24.1 Å². The third-order valence-corrected chi connectivity index (χ3v) is 3.61. The van der Waals surface area contributed by atoms with Gasteiger partial charge in [0.1, 0.15) is 0 Å². The Morgan fingerprint density at radius 2 is 2.09 bits per heavy atom. The van der Waals surface area contributed by atoms with Gasteiger partial charge in [0.05, 0.1) is 0 Å². The maximum atomic E-state index is 3.63. The molecule has 0 saturated carbocycles. The van der Waals surface area contributed by atoms with E-state index in [1.54, 1.807) is 0 Å². The number of nitrogens with one attached hydrogen (secondary N) is 2. The molecular weight excluding hydrogens is 136 g/mol. The van der Waals surface area contributed by atoms with E-state index >= 15 is 0 Å². The second kappa shape index (κ2) is 2.20. The van der Waals surface area contributed by atoms with Crippen molar-refractivity contribution in [2.24, 2.45) is 5.92 Å². The summed E-state index contributed by atoms with van der Waals surface area (Å²) < 4.78 is 0. The Morgan fingerprint density at radius 1 is 1.45 bits per heavy atom. The van der Waals surface area contributed by atoms with Crippen molar-refractivity contribution in [2.45, 2.75) is 44.8 Å². The Morgan fingerprint density at radius 3 is 2.36 bits per heavy atom. The van der Waals surface area contributed by atoms with E-state index in [-0.39, 0.29) is 0 Å². The minimum Gasteiger partial charge on any atom is -0.308 e. The van der Waals surface area contributed by atoms with Crippen LogP contribution in [0.4, 0.5) is 0 Å². The molecule has 11 heavy (non-hydrogen) atoms. The summed E-state index contributed by atoms with van der Waals surface area (Å²) in [6.45, 7) is 8.09. The van der Waals surface area contributed by atoms with Crippen LogP contribution in [0, 0.1) is 5.92 Å². The molecule has 3 heterocycles. The van der Waals surface area contributed by atoms with Crippen LogP contribution in [0.1, 0.15) is 27.2 Å². The molecule has 0 radical (unpaired) electrons. The van der Waals surface area contributed by atoms with E-state index in [1.165, 1.54) is 6.42 Å². The third-order valence-electron chi connectivity index (χ3n) is 3.61. The molecule has 0 amide bonds. The van der Waals surface area contributed by atoms with Crippen LogP contribution in [0.2, 0.25) is 0 Å². The van der Waals surface area contributed by atoms with Gasteiger partial charge < -0.3 is 10.6 Å². The molecule has 0 spiro atoms. The van der Waals surface area contributed by atoms with E-state index in [9.17, 15) is 0 Å². The van der Waals surface area contributed by atoms with Gasteiger partial charge in [-0.3, -0.25) is 0 Å². The monoisotopic (exact) mass is 154 g/mol. The van der Waals surface area contributed by atoms with E-state index in [1.807, 2.05) is 0 Å². The van der Waals surface area contributed by atoms with Crippen molar-refractivity contribution >= 4 is 0 Å². The predicted octanol–water partition coefficient (Wildman–Crippen LogP) is 0.735. The first-order valence-electron chi connectivity index (χ1n) is 4.64. The lowest BCUT2D eigenvalue weighted by molar-refractivity contribution is 0.0481.